The van der Waals surface area contributed by atoms with E-state index in [4.69, 9.17) is 4.42 Å². The normalized spacial score (nSPS) is 10.6. The van der Waals surface area contributed by atoms with E-state index in [-0.39, 0.29) is 0 Å². The third kappa shape index (κ3) is 2.49. The summed E-state index contributed by atoms with van der Waals surface area (Å²) in [6.45, 7) is 0.732. The highest BCUT2D eigenvalue weighted by atomic mass is 16.3. The number of hydrogen-bond donors (Lipinski definition) is 1. The fourth-order valence-electron chi connectivity index (χ4n) is 1.89. The van der Waals surface area contributed by atoms with E-state index in [0.717, 1.165) is 29.2 Å². The molecule has 19 heavy (non-hydrogen) atoms. The third-order valence-electron chi connectivity index (χ3n) is 2.97. The van der Waals surface area contributed by atoms with E-state index in [9.17, 15) is 0 Å². The van der Waals surface area contributed by atoms with E-state index < -0.39 is 0 Å². The number of rotatable bonds is 4. The molecule has 0 saturated heterocycles. The molecule has 3 rings (SSSR count). The molecule has 1 aromatic carbocycles. The van der Waals surface area contributed by atoms with Gasteiger partial charge in [-0.2, -0.15) is 0 Å². The van der Waals surface area contributed by atoms with E-state index in [1.807, 2.05) is 42.1 Å². The van der Waals surface area contributed by atoms with Crippen LogP contribution < -0.4 is 5.32 Å². The standard InChI is InChI=1S/C14H14N4O/c1-18-9-15-6-13(18)7-17-12-4-2-3-11(5-12)14-8-16-10-19-14/h2-6,8-10,17H,7H2,1H3. The van der Waals surface area contributed by atoms with E-state index in [2.05, 4.69) is 15.3 Å². The van der Waals surface area contributed by atoms with Crippen molar-refractivity contribution in [1.82, 2.24) is 14.5 Å². The Morgan fingerprint density at radius 1 is 1.26 bits per heavy atom. The lowest BCUT2D eigenvalue weighted by molar-refractivity contribution is 0.572. The molecule has 0 aliphatic rings. The first-order valence-corrected chi connectivity index (χ1v) is 6.01. The van der Waals surface area contributed by atoms with Crippen LogP contribution in [0.15, 0.2) is 53.8 Å². The molecule has 2 heterocycles. The molecule has 0 amide bonds. The fraction of sp³-hybridized carbons (Fsp3) is 0.143. The number of benzene rings is 1. The highest BCUT2D eigenvalue weighted by Crippen LogP contribution is 2.22. The average molecular weight is 254 g/mol. The summed E-state index contributed by atoms with van der Waals surface area (Å²) in [4.78, 5) is 8.02. The molecule has 0 unspecified atom stereocenters. The number of imidazole rings is 1. The molecule has 0 saturated carbocycles. The zero-order valence-corrected chi connectivity index (χ0v) is 10.6. The predicted molar refractivity (Wildman–Crippen MR) is 72.5 cm³/mol. The molecule has 2 aromatic heterocycles. The molecule has 5 nitrogen and oxygen atoms in total. The van der Waals surface area contributed by atoms with Gasteiger partial charge in [0.1, 0.15) is 0 Å². The molecule has 1 N–H and O–H groups in total. The van der Waals surface area contributed by atoms with E-state index in [1.165, 1.54) is 6.39 Å². The van der Waals surface area contributed by atoms with Crippen LogP contribution >= 0.6 is 0 Å². The Morgan fingerprint density at radius 3 is 2.95 bits per heavy atom. The van der Waals surface area contributed by atoms with Crippen molar-refractivity contribution in [3.05, 3.63) is 55.1 Å². The summed E-state index contributed by atoms with van der Waals surface area (Å²) in [5.74, 6) is 0.768. The van der Waals surface area contributed by atoms with E-state index in [1.54, 1.807) is 12.5 Å². The van der Waals surface area contributed by atoms with Crippen LogP contribution in [-0.4, -0.2) is 14.5 Å². The molecular formula is C14H14N4O. The van der Waals surface area contributed by atoms with Crippen molar-refractivity contribution in [3.63, 3.8) is 0 Å². The molecule has 0 aliphatic heterocycles. The maximum Gasteiger partial charge on any atom is 0.181 e. The number of oxazole rings is 1. The maximum atomic E-state index is 5.29. The largest absolute Gasteiger partial charge is 0.444 e. The minimum Gasteiger partial charge on any atom is -0.444 e. The molecule has 96 valence electrons. The summed E-state index contributed by atoms with van der Waals surface area (Å²) in [7, 11) is 1.98. The molecule has 0 spiro atoms. The Morgan fingerprint density at radius 2 is 2.21 bits per heavy atom. The number of nitrogens with zero attached hydrogens (tertiary/aromatic N) is 3. The van der Waals surface area contributed by atoms with Crippen molar-refractivity contribution in [1.29, 1.82) is 0 Å². The molecule has 3 aromatic rings. The highest BCUT2D eigenvalue weighted by molar-refractivity contribution is 5.63. The zero-order valence-electron chi connectivity index (χ0n) is 10.6. The van der Waals surface area contributed by atoms with Gasteiger partial charge in [0.05, 0.1) is 24.8 Å². The number of hydrogen-bond acceptors (Lipinski definition) is 4. The van der Waals surface area contributed by atoms with Crippen molar-refractivity contribution < 1.29 is 4.42 Å². The fourth-order valence-corrected chi connectivity index (χ4v) is 1.89. The van der Waals surface area contributed by atoms with Crippen LogP contribution in [0.25, 0.3) is 11.3 Å². The van der Waals surface area contributed by atoms with Crippen LogP contribution in [0.1, 0.15) is 5.69 Å². The lowest BCUT2D eigenvalue weighted by atomic mass is 10.1. The predicted octanol–water partition coefficient (Wildman–Crippen LogP) is 2.69. The Balaban J connectivity index is 1.75. The molecule has 0 bridgehead atoms. The Hall–Kier alpha value is -2.56. The van der Waals surface area contributed by atoms with Gasteiger partial charge >= 0.3 is 0 Å². The molecule has 0 radical (unpaired) electrons. The maximum absolute atomic E-state index is 5.29. The summed E-state index contributed by atoms with van der Waals surface area (Å²) in [5.41, 5.74) is 3.17. The van der Waals surface area contributed by atoms with Gasteiger partial charge in [-0.15, -0.1) is 0 Å². The van der Waals surface area contributed by atoms with Crippen LogP contribution in [0.4, 0.5) is 5.69 Å². The van der Waals surface area contributed by atoms with Gasteiger partial charge < -0.3 is 14.3 Å². The third-order valence-corrected chi connectivity index (χ3v) is 2.97. The highest BCUT2D eigenvalue weighted by Gasteiger charge is 2.03. The van der Waals surface area contributed by atoms with E-state index >= 15 is 0 Å². The second kappa shape index (κ2) is 4.97. The summed E-state index contributed by atoms with van der Waals surface area (Å²) in [6, 6.07) is 8.05. The topological polar surface area (TPSA) is 55.9 Å². The summed E-state index contributed by atoms with van der Waals surface area (Å²) in [5, 5.41) is 3.37. The number of aryl methyl sites for hydroxylation is 1. The van der Waals surface area contributed by atoms with E-state index in [0.29, 0.717) is 0 Å². The minimum atomic E-state index is 0.732. The first-order valence-electron chi connectivity index (χ1n) is 6.01. The zero-order chi connectivity index (χ0) is 13.1. The first kappa shape index (κ1) is 11.5. The Labute approximate surface area is 110 Å². The molecule has 0 fully saturated rings. The van der Waals surface area contributed by atoms with Crippen molar-refractivity contribution in [2.45, 2.75) is 6.54 Å². The van der Waals surface area contributed by atoms with Crippen LogP contribution in [0, 0.1) is 0 Å². The van der Waals surface area contributed by atoms with Crippen molar-refractivity contribution in [2.75, 3.05) is 5.32 Å². The smallest absolute Gasteiger partial charge is 0.181 e. The monoisotopic (exact) mass is 254 g/mol. The Bertz CT molecular complexity index is 658. The number of anilines is 1. The first-order chi connectivity index (χ1) is 9.33. The lowest BCUT2D eigenvalue weighted by Gasteiger charge is -2.07. The second-order valence-electron chi connectivity index (χ2n) is 4.30. The van der Waals surface area contributed by atoms with Crippen LogP contribution in [0.2, 0.25) is 0 Å². The SMILES string of the molecule is Cn1cncc1CNc1cccc(-c2cnco2)c1. The second-order valence-corrected chi connectivity index (χ2v) is 4.30. The average Bonchev–Trinajstić information content (AvgIpc) is 3.08. The summed E-state index contributed by atoms with van der Waals surface area (Å²) < 4.78 is 7.28. The van der Waals surface area contributed by atoms with Gasteiger partial charge in [0.25, 0.3) is 0 Å². The van der Waals surface area contributed by atoms with Crippen LogP contribution in [0.5, 0.6) is 0 Å². The van der Waals surface area contributed by atoms with Crippen molar-refractivity contribution in [2.24, 2.45) is 7.05 Å². The van der Waals surface area contributed by atoms with Gasteiger partial charge in [-0.3, -0.25) is 0 Å². The molecular weight excluding hydrogens is 240 g/mol. The van der Waals surface area contributed by atoms with Crippen LogP contribution in [-0.2, 0) is 13.6 Å². The molecule has 0 atom stereocenters. The quantitative estimate of drug-likeness (QED) is 0.777. The lowest BCUT2D eigenvalue weighted by Crippen LogP contribution is -2.03. The summed E-state index contributed by atoms with van der Waals surface area (Å²) in [6.07, 6.45) is 6.79. The van der Waals surface area contributed by atoms with Crippen LogP contribution in [0.3, 0.4) is 0 Å². The van der Waals surface area contributed by atoms with Gasteiger partial charge in [0.15, 0.2) is 12.2 Å². The molecule has 0 aliphatic carbocycles. The van der Waals surface area contributed by atoms with Crippen molar-refractivity contribution >= 4 is 5.69 Å². The minimum absolute atomic E-state index is 0.732. The van der Waals surface area contributed by atoms with Crippen molar-refractivity contribution in [3.8, 4) is 11.3 Å². The van der Waals surface area contributed by atoms with Gasteiger partial charge in [0.2, 0.25) is 0 Å². The van der Waals surface area contributed by atoms with Gasteiger partial charge in [-0.25, -0.2) is 9.97 Å². The molecule has 5 heteroatoms. The van der Waals surface area contributed by atoms with Gasteiger partial charge in [-0.1, -0.05) is 12.1 Å². The Kier molecular flexibility index (Phi) is 3.02. The number of aromatic nitrogens is 3. The van der Waals surface area contributed by atoms with Gasteiger partial charge in [-0.05, 0) is 12.1 Å². The summed E-state index contributed by atoms with van der Waals surface area (Å²) >= 11 is 0. The van der Waals surface area contributed by atoms with Gasteiger partial charge in [0, 0.05) is 24.5 Å². The number of nitrogens with one attached hydrogen (secondary N) is 1.